The number of ether oxygens (including phenoxy) is 20. The minimum absolute atomic E-state index is 0.00248. The number of nitrogens with two attached hydrogens (primary N) is 1. The summed E-state index contributed by atoms with van der Waals surface area (Å²) in [7, 11) is -4.27. The Labute approximate surface area is 793 Å². The van der Waals surface area contributed by atoms with E-state index in [1.807, 2.05) is 64.3 Å². The lowest BCUT2D eigenvalue weighted by molar-refractivity contribution is -0.374. The first-order valence-electron chi connectivity index (χ1n) is 42.3. The smallest absolute Gasteiger partial charge is 0.303 e. The normalized spacial score (nSPS) is 24.5. The van der Waals surface area contributed by atoms with Crippen LogP contribution < -0.4 is 22.1 Å². The Morgan fingerprint density at radius 3 is 1.26 bits per heavy atom. The standard InChI is InChI=1S/C20H29N3O8S2.C18H31N3O8.C18H33NO8.C12H25NO8.C8H4N2S2.C7H8O3S/c24-11-15-16(25)17(26)18(27)19(31-15)30-10-9-29-8-7-28-6-5-21-20(33)23-14-3-1-13(2-4-14)22-12-32;1-12-13(2)17(28-15(4)23)18(29-16(12)11-27-14(3)22)26-10-9-25-8-7-24-6-5-20-21-19;1-12-13(2)17(26-15(4)21)18(27-16(12)11-25-14(3)20)24-10-9-23-8-7-22-6-5-19;13-1-2-18-3-4-19-5-6-20-12-11(17)10(16)9(15)8(7-14)21-12;9-5-12-8-3-1-7(2-4-8)10-6-11;1-6-2-4-7(5-3-6)11(8,9)10/h1-4,15-19,24-27H,5-11H2,(H2,21,23,33);12-13,16-18H,5-11H2,1-4H3;12-13,16-18H,5-11,19H2,1-4H3;8-12,14-17H,1-7,13H2;1-4H;2-5H,1H3,(H,8,9,10)/t15?,16-,17+,18?,19+;2*12-,13-,16?,17?,18-;8?,9-,10+,11?,12+;;/m1001../s1. The number of benzene rings is 3. The van der Waals surface area contributed by atoms with E-state index in [1.165, 1.54) is 39.8 Å². The second kappa shape index (κ2) is 73.1. The van der Waals surface area contributed by atoms with Gasteiger partial charge in [0.25, 0.3) is 0 Å². The first-order valence-corrected chi connectivity index (χ1v) is 45.7. The number of isothiocyanates is 2. The third kappa shape index (κ3) is 52.8. The summed E-state index contributed by atoms with van der Waals surface area (Å²) in [5.41, 5.74) is 20.3. The summed E-state index contributed by atoms with van der Waals surface area (Å²) < 4.78 is 139. The number of nitriles is 1. The number of anilines is 1. The second-order valence-corrected chi connectivity index (χ2v) is 31.9. The zero-order chi connectivity index (χ0) is 98.9. The lowest BCUT2D eigenvalue weighted by atomic mass is 9.83. The number of nitrogens with zero attached hydrogens (tertiary/aromatic N) is 6. The molecule has 4 heterocycles. The Balaban J connectivity index is 0.000000559. The van der Waals surface area contributed by atoms with Gasteiger partial charge in [0, 0.05) is 74.7 Å². The Hall–Kier alpha value is -7.15. The van der Waals surface area contributed by atoms with Gasteiger partial charge in [-0.3, -0.25) is 19.2 Å². The second-order valence-electron chi connectivity index (χ2n) is 28.9. The molecule has 0 aromatic heterocycles. The van der Waals surface area contributed by atoms with Crippen molar-refractivity contribution in [3.05, 3.63) is 88.8 Å². The predicted octanol–water partition coefficient (Wildman–Crippen LogP) is 1.85. The molecule has 4 aliphatic rings. The first kappa shape index (κ1) is 122. The maximum atomic E-state index is 11.5. The number of nitrogens with one attached hydrogen (secondary N) is 2. The molecule has 3 aromatic carbocycles. The molecule has 4 aliphatic heterocycles. The van der Waals surface area contributed by atoms with Gasteiger partial charge in [0.2, 0.25) is 0 Å². The number of aliphatic hydroxyl groups is 8. The summed E-state index contributed by atoms with van der Waals surface area (Å²) in [6, 6.07) is 20.2. The van der Waals surface area contributed by atoms with Crippen molar-refractivity contribution in [2.45, 2.75) is 171 Å². The number of carbonyl (C=O) groups is 4. The van der Waals surface area contributed by atoms with Crippen LogP contribution in [-0.4, -0.2) is 376 Å². The molecule has 0 amide bonds. The van der Waals surface area contributed by atoms with Gasteiger partial charge in [0.05, 0.1) is 191 Å². The van der Waals surface area contributed by atoms with Gasteiger partial charge in [-0.15, -0.1) is 0 Å². The van der Waals surface area contributed by atoms with E-state index in [-0.39, 0.29) is 112 Å². The van der Waals surface area contributed by atoms with Crippen LogP contribution in [0.2, 0.25) is 0 Å². The number of quaternary nitrogens is 1. The number of hydrogen-bond donors (Lipinski definition) is 12. The summed E-state index contributed by atoms with van der Waals surface area (Å²) in [5.74, 6) is -1.62. The number of azide groups is 1. The molecule has 0 spiro atoms. The molecule has 752 valence electrons. The van der Waals surface area contributed by atoms with Crippen LogP contribution in [0.4, 0.5) is 17.1 Å². The van der Waals surface area contributed by atoms with Crippen molar-refractivity contribution < 1.29 is 173 Å². The van der Waals surface area contributed by atoms with E-state index in [4.69, 9.17) is 134 Å². The molecule has 20 atom stereocenters. The number of aryl methyl sites for hydroxylation is 1. The molecule has 133 heavy (non-hydrogen) atoms. The van der Waals surface area contributed by atoms with E-state index in [9.17, 15) is 62.8 Å². The number of esters is 4. The molecule has 4 fully saturated rings. The average Bonchev–Trinajstić information content (AvgIpc) is 0.900. The Kier molecular flexibility index (Phi) is 67.0. The van der Waals surface area contributed by atoms with Crippen molar-refractivity contribution in [2.75, 3.05) is 190 Å². The van der Waals surface area contributed by atoms with Crippen molar-refractivity contribution >= 4 is 115 Å². The molecule has 50 heteroatoms. The Morgan fingerprint density at radius 2 is 0.895 bits per heavy atom. The molecular weight excluding hydrogens is 1860 g/mol. The zero-order valence-electron chi connectivity index (χ0n) is 75.9. The van der Waals surface area contributed by atoms with Crippen LogP contribution in [0.3, 0.4) is 0 Å². The molecule has 15 N–H and O–H groups in total. The van der Waals surface area contributed by atoms with Crippen molar-refractivity contribution in [2.24, 2.45) is 44.5 Å². The molecule has 0 radical (unpaired) electrons. The van der Waals surface area contributed by atoms with Gasteiger partial charge in [-0.1, -0.05) is 50.5 Å². The lowest BCUT2D eigenvalue weighted by Gasteiger charge is -2.43. The number of thiocarbonyl (C=S) groups is 3. The number of aliphatic hydroxyl groups excluding tert-OH is 8. The molecule has 0 aliphatic carbocycles. The van der Waals surface area contributed by atoms with Gasteiger partial charge in [0.15, 0.2) is 42.5 Å². The van der Waals surface area contributed by atoms with Crippen LogP contribution in [0.15, 0.2) is 97.7 Å². The number of thiocyanates is 1. The molecule has 7 rings (SSSR count). The molecule has 0 bridgehead atoms. The third-order valence-corrected chi connectivity index (χ3v) is 20.9. The summed E-state index contributed by atoms with van der Waals surface area (Å²) in [5, 5.41) is 101. The number of thioether (sulfide) groups is 1. The maximum Gasteiger partial charge on any atom is 0.303 e. The van der Waals surface area contributed by atoms with E-state index in [0.29, 0.717) is 116 Å². The highest BCUT2D eigenvalue weighted by molar-refractivity contribution is 8.03. The number of hydrogen-bond acceptors (Lipinski definition) is 44. The SMILES string of the molecule is CC(=O)OCC1O[C@H](OCCOCCOCCN=[N+]=[N-])C(OC(C)=O)[C@@H](C)[C@@H]1C.CC(=O)OCC1O[C@H](OCCOCCOCC[NH3+])C(OC(C)=O)[C@@H](C)[C@@H]1C.Cc1ccc(S(=O)(=O)[O-])cc1.N#CSc1ccc(N=C=S)cc1.NCCOCCOCCO[C@H]1OC(CO)[C@@H](O)[C@H](O)C1O.OCC1O[C@H](OCCOCCOCCNC(=S)Nc2ccc(N=C=S)cc2)C(O)[C@@H](O)[C@@H]1O. The largest absolute Gasteiger partial charge is 0.744 e. The number of aliphatic imine (C=N–C) groups is 2. The first-order chi connectivity index (χ1) is 63.7. The van der Waals surface area contributed by atoms with Gasteiger partial charge in [-0.05, 0) is 133 Å². The Morgan fingerprint density at radius 1 is 0.526 bits per heavy atom. The van der Waals surface area contributed by atoms with E-state index in [2.05, 4.69) is 71.1 Å². The van der Waals surface area contributed by atoms with E-state index < -0.39 is 121 Å². The highest BCUT2D eigenvalue weighted by Gasteiger charge is 2.48. The Bertz CT molecular complexity index is 4000. The summed E-state index contributed by atoms with van der Waals surface area (Å²) >= 11 is 15.3. The summed E-state index contributed by atoms with van der Waals surface area (Å²) in [6.45, 7) is 23.2. The maximum absolute atomic E-state index is 11.5. The predicted molar refractivity (Wildman–Crippen MR) is 484 cm³/mol. The lowest BCUT2D eigenvalue weighted by Crippen LogP contribution is -2.59. The molecule has 8 unspecified atom stereocenters. The van der Waals surface area contributed by atoms with Crippen LogP contribution in [0.5, 0.6) is 0 Å². The van der Waals surface area contributed by atoms with Crippen LogP contribution in [0.25, 0.3) is 10.4 Å². The topological polar surface area (TPSA) is 647 Å². The van der Waals surface area contributed by atoms with Crippen LogP contribution in [0.1, 0.15) is 61.0 Å². The van der Waals surface area contributed by atoms with Gasteiger partial charge in [0.1, 0.15) is 77.6 Å². The van der Waals surface area contributed by atoms with Gasteiger partial charge in [-0.25, -0.2) is 8.42 Å². The molecule has 4 saturated heterocycles. The average molecular weight is 1990 g/mol. The molecule has 0 saturated carbocycles. The van der Waals surface area contributed by atoms with Crippen LogP contribution in [0, 0.1) is 41.3 Å². The van der Waals surface area contributed by atoms with Crippen molar-refractivity contribution in [1.82, 2.24) is 5.32 Å². The zero-order valence-corrected chi connectivity index (χ0v) is 80.0. The van der Waals surface area contributed by atoms with Gasteiger partial charge in [-0.2, -0.15) is 15.2 Å². The van der Waals surface area contributed by atoms with Crippen molar-refractivity contribution in [3.8, 4) is 5.40 Å². The monoisotopic (exact) mass is 1990 g/mol. The molecule has 45 nitrogen and oxygen atoms in total. The highest BCUT2D eigenvalue weighted by Crippen LogP contribution is 2.36. The van der Waals surface area contributed by atoms with Gasteiger partial charge < -0.3 is 162 Å². The van der Waals surface area contributed by atoms with Crippen molar-refractivity contribution in [3.63, 3.8) is 0 Å². The molecule has 3 aromatic rings. The summed E-state index contributed by atoms with van der Waals surface area (Å²) in [6.07, 6.45) is -16.1. The minimum Gasteiger partial charge on any atom is -0.744 e. The summed E-state index contributed by atoms with van der Waals surface area (Å²) in [4.78, 5) is 56.2. The number of rotatable bonds is 51. The van der Waals surface area contributed by atoms with Crippen LogP contribution in [-0.2, 0) is 124 Å². The highest BCUT2D eigenvalue weighted by atomic mass is 32.2. The molecular formula is C83H130N10O35S5. The van der Waals surface area contributed by atoms with E-state index in [0.717, 1.165) is 40.1 Å². The fraction of sp³-hybridized carbons (Fsp3) is 0.687. The quantitative estimate of drug-likeness (QED) is 0.00328. The van der Waals surface area contributed by atoms with E-state index >= 15 is 0 Å². The van der Waals surface area contributed by atoms with E-state index in [1.54, 1.807) is 36.4 Å². The van der Waals surface area contributed by atoms with Crippen LogP contribution >= 0.6 is 48.4 Å². The van der Waals surface area contributed by atoms with Gasteiger partial charge >= 0.3 is 23.9 Å². The minimum atomic E-state index is -4.27. The third-order valence-electron chi connectivity index (χ3n) is 19.0. The van der Waals surface area contributed by atoms with Crippen molar-refractivity contribution in [1.29, 1.82) is 5.26 Å². The number of carbonyl (C=O) groups excluding carboxylic acids is 4. The fourth-order valence-corrected chi connectivity index (χ4v) is 13.0. The fourth-order valence-electron chi connectivity index (χ4n) is 11.7.